The van der Waals surface area contributed by atoms with Gasteiger partial charge in [0, 0.05) is 6.54 Å². The Kier molecular flexibility index (Phi) is 6.89. The molecule has 1 aliphatic rings. The molecule has 3 nitrogen and oxygen atoms in total. The van der Waals surface area contributed by atoms with E-state index in [4.69, 9.17) is 4.74 Å². The van der Waals surface area contributed by atoms with Gasteiger partial charge in [-0.2, -0.15) is 0 Å². The molecule has 2 rings (SSSR count). The molecule has 0 spiro atoms. The van der Waals surface area contributed by atoms with Gasteiger partial charge in [-0.25, -0.2) is 0 Å². The number of methoxy groups -OCH3 is 1. The van der Waals surface area contributed by atoms with E-state index in [1.165, 1.54) is 50.9 Å². The Morgan fingerprint density at radius 1 is 1.10 bits per heavy atom. The Morgan fingerprint density at radius 3 is 2.55 bits per heavy atom. The SMILES string of the molecule is COc1ccc(CNCCCCN2CC[CH]CC2)cc1. The van der Waals surface area contributed by atoms with E-state index in [1.807, 2.05) is 12.1 Å². The predicted molar refractivity (Wildman–Crippen MR) is 83.9 cm³/mol. The molecule has 0 atom stereocenters. The van der Waals surface area contributed by atoms with Gasteiger partial charge in [0.1, 0.15) is 5.75 Å². The fourth-order valence-electron chi connectivity index (χ4n) is 2.59. The second kappa shape index (κ2) is 8.98. The number of benzene rings is 1. The number of ether oxygens (including phenoxy) is 1. The monoisotopic (exact) mass is 275 g/mol. The van der Waals surface area contributed by atoms with E-state index in [0.717, 1.165) is 18.8 Å². The first-order chi connectivity index (χ1) is 9.88. The van der Waals surface area contributed by atoms with E-state index in [1.54, 1.807) is 7.11 Å². The van der Waals surface area contributed by atoms with Gasteiger partial charge in [0.05, 0.1) is 7.11 Å². The van der Waals surface area contributed by atoms with Gasteiger partial charge in [-0.05, 0) is 76.0 Å². The second-order valence-electron chi connectivity index (χ2n) is 5.44. The first-order valence-electron chi connectivity index (χ1n) is 7.76. The summed E-state index contributed by atoms with van der Waals surface area (Å²) in [6.07, 6.45) is 7.52. The Labute approximate surface area is 123 Å². The molecule has 3 heteroatoms. The third kappa shape index (κ3) is 5.51. The van der Waals surface area contributed by atoms with Gasteiger partial charge in [0.15, 0.2) is 0 Å². The number of hydrogen-bond donors (Lipinski definition) is 1. The van der Waals surface area contributed by atoms with Crippen LogP contribution in [0.2, 0.25) is 0 Å². The Morgan fingerprint density at radius 2 is 1.85 bits per heavy atom. The maximum absolute atomic E-state index is 5.16. The summed E-state index contributed by atoms with van der Waals surface area (Å²) >= 11 is 0. The maximum atomic E-state index is 5.16. The van der Waals surface area contributed by atoms with Gasteiger partial charge in [-0.15, -0.1) is 0 Å². The quantitative estimate of drug-likeness (QED) is 0.738. The van der Waals surface area contributed by atoms with Crippen molar-refractivity contribution in [3.8, 4) is 5.75 Å². The van der Waals surface area contributed by atoms with E-state index >= 15 is 0 Å². The molecule has 1 aromatic carbocycles. The number of piperidine rings is 1. The lowest BCUT2D eigenvalue weighted by molar-refractivity contribution is 0.249. The van der Waals surface area contributed by atoms with Crippen LogP contribution in [0.25, 0.3) is 0 Å². The molecule has 0 saturated carbocycles. The van der Waals surface area contributed by atoms with Crippen LogP contribution in [0.4, 0.5) is 0 Å². The zero-order valence-corrected chi connectivity index (χ0v) is 12.6. The van der Waals surface area contributed by atoms with E-state index in [9.17, 15) is 0 Å². The summed E-state index contributed by atoms with van der Waals surface area (Å²) < 4.78 is 5.16. The van der Waals surface area contributed by atoms with Gasteiger partial charge in [0.25, 0.3) is 0 Å². The van der Waals surface area contributed by atoms with Crippen LogP contribution in [0.1, 0.15) is 31.2 Å². The van der Waals surface area contributed by atoms with Crippen LogP contribution in [0.15, 0.2) is 24.3 Å². The first kappa shape index (κ1) is 15.3. The Hall–Kier alpha value is -1.06. The average molecular weight is 275 g/mol. The van der Waals surface area contributed by atoms with Crippen molar-refractivity contribution in [2.45, 2.75) is 32.2 Å². The minimum absolute atomic E-state index is 0.924. The van der Waals surface area contributed by atoms with Crippen molar-refractivity contribution >= 4 is 0 Å². The third-order valence-electron chi connectivity index (χ3n) is 3.86. The van der Waals surface area contributed by atoms with Crippen molar-refractivity contribution in [2.24, 2.45) is 0 Å². The first-order valence-corrected chi connectivity index (χ1v) is 7.76. The van der Waals surface area contributed by atoms with E-state index in [2.05, 4.69) is 28.8 Å². The largest absolute Gasteiger partial charge is 0.497 e. The van der Waals surface area contributed by atoms with Crippen LogP contribution < -0.4 is 10.1 Å². The fraction of sp³-hybridized carbons (Fsp3) is 0.588. The molecule has 0 bridgehead atoms. The molecule has 1 aromatic rings. The van der Waals surface area contributed by atoms with Crippen LogP contribution in [0.5, 0.6) is 5.75 Å². The molecule has 1 fully saturated rings. The summed E-state index contributed by atoms with van der Waals surface area (Å²) in [5, 5.41) is 3.51. The van der Waals surface area contributed by atoms with Crippen molar-refractivity contribution in [1.29, 1.82) is 0 Å². The molecule has 20 heavy (non-hydrogen) atoms. The minimum Gasteiger partial charge on any atom is -0.497 e. The van der Waals surface area contributed by atoms with Crippen molar-refractivity contribution < 1.29 is 4.74 Å². The van der Waals surface area contributed by atoms with Gasteiger partial charge < -0.3 is 15.0 Å². The minimum atomic E-state index is 0.924. The number of unbranched alkanes of at least 4 members (excludes halogenated alkanes) is 1. The van der Waals surface area contributed by atoms with Gasteiger partial charge >= 0.3 is 0 Å². The molecule has 1 radical (unpaired) electrons. The van der Waals surface area contributed by atoms with Crippen LogP contribution in [-0.2, 0) is 6.54 Å². The molecule has 111 valence electrons. The maximum Gasteiger partial charge on any atom is 0.118 e. The second-order valence-corrected chi connectivity index (χ2v) is 5.44. The highest BCUT2D eigenvalue weighted by Crippen LogP contribution is 2.11. The van der Waals surface area contributed by atoms with Crippen LogP contribution in [0, 0.1) is 6.42 Å². The van der Waals surface area contributed by atoms with Gasteiger partial charge in [-0.1, -0.05) is 12.1 Å². The molecule has 0 unspecified atom stereocenters. The standard InChI is InChI=1S/C17H27N2O/c1-20-17-9-7-16(8-10-17)15-18-11-3-6-14-19-12-4-2-5-13-19/h2,7-10,18H,3-6,11-15H2,1H3. The highest BCUT2D eigenvalue weighted by molar-refractivity contribution is 5.26. The number of rotatable bonds is 8. The summed E-state index contributed by atoms with van der Waals surface area (Å²) in [6, 6.07) is 8.28. The van der Waals surface area contributed by atoms with E-state index in [0.29, 0.717) is 0 Å². The molecule has 1 N–H and O–H groups in total. The molecular formula is C17H27N2O. The number of nitrogens with one attached hydrogen (secondary N) is 1. The van der Waals surface area contributed by atoms with Gasteiger partial charge in [-0.3, -0.25) is 0 Å². The smallest absolute Gasteiger partial charge is 0.118 e. The van der Waals surface area contributed by atoms with Crippen molar-refractivity contribution in [3.05, 3.63) is 36.2 Å². The molecule has 1 heterocycles. The number of likely N-dealkylation sites (tertiary alicyclic amines) is 1. The molecule has 1 aliphatic heterocycles. The normalized spacial score (nSPS) is 16.2. The van der Waals surface area contributed by atoms with Crippen LogP contribution in [0.3, 0.4) is 0 Å². The third-order valence-corrected chi connectivity index (χ3v) is 3.86. The highest BCUT2D eigenvalue weighted by Gasteiger charge is 2.08. The van der Waals surface area contributed by atoms with Crippen LogP contribution in [-0.4, -0.2) is 38.2 Å². The molecular weight excluding hydrogens is 248 g/mol. The Bertz CT molecular complexity index is 358. The average Bonchev–Trinajstić information content (AvgIpc) is 2.52. The van der Waals surface area contributed by atoms with Crippen molar-refractivity contribution in [2.75, 3.05) is 33.3 Å². The van der Waals surface area contributed by atoms with E-state index in [-0.39, 0.29) is 0 Å². The number of hydrogen-bond acceptors (Lipinski definition) is 3. The lowest BCUT2D eigenvalue weighted by Crippen LogP contribution is -2.31. The zero-order chi connectivity index (χ0) is 14.0. The van der Waals surface area contributed by atoms with Crippen molar-refractivity contribution in [1.82, 2.24) is 10.2 Å². The summed E-state index contributed by atoms with van der Waals surface area (Å²) in [4.78, 5) is 2.59. The molecule has 0 aromatic heterocycles. The lowest BCUT2D eigenvalue weighted by atomic mass is 10.1. The van der Waals surface area contributed by atoms with E-state index < -0.39 is 0 Å². The summed E-state index contributed by atoms with van der Waals surface area (Å²) in [5.41, 5.74) is 1.32. The topological polar surface area (TPSA) is 24.5 Å². The van der Waals surface area contributed by atoms with Crippen LogP contribution >= 0.6 is 0 Å². The molecule has 0 aliphatic carbocycles. The number of nitrogens with zero attached hydrogens (tertiary/aromatic N) is 1. The summed E-state index contributed by atoms with van der Waals surface area (Å²) in [7, 11) is 1.70. The summed E-state index contributed by atoms with van der Waals surface area (Å²) in [6.45, 7) is 5.84. The Balaban J connectivity index is 1.50. The lowest BCUT2D eigenvalue weighted by Gasteiger charge is -2.26. The summed E-state index contributed by atoms with van der Waals surface area (Å²) in [5.74, 6) is 0.924. The predicted octanol–water partition coefficient (Wildman–Crippen LogP) is 2.87. The molecule has 0 amide bonds. The highest BCUT2D eigenvalue weighted by atomic mass is 16.5. The van der Waals surface area contributed by atoms with Gasteiger partial charge in [0.2, 0.25) is 0 Å². The fourth-order valence-corrected chi connectivity index (χ4v) is 2.59. The molecule has 1 saturated heterocycles. The van der Waals surface area contributed by atoms with Crippen molar-refractivity contribution in [3.63, 3.8) is 0 Å². The zero-order valence-electron chi connectivity index (χ0n) is 12.6.